The van der Waals surface area contributed by atoms with Crippen molar-refractivity contribution in [1.29, 1.82) is 0 Å². The Morgan fingerprint density at radius 3 is 2.84 bits per heavy atom. The quantitative estimate of drug-likeness (QED) is 0.571. The lowest BCUT2D eigenvalue weighted by molar-refractivity contribution is 0.309. The van der Waals surface area contributed by atoms with Crippen LogP contribution in [0.3, 0.4) is 0 Å². The van der Waals surface area contributed by atoms with Crippen molar-refractivity contribution in [3.63, 3.8) is 0 Å². The third-order valence-corrected chi connectivity index (χ3v) is 3.04. The molecule has 0 atom stereocenters. The molecule has 0 radical (unpaired) electrons. The van der Waals surface area contributed by atoms with E-state index in [1.54, 1.807) is 6.07 Å². The predicted octanol–water partition coefficient (Wildman–Crippen LogP) is 4.29. The Balaban J connectivity index is 2.72. The van der Waals surface area contributed by atoms with E-state index >= 15 is 0 Å². The van der Waals surface area contributed by atoms with E-state index in [4.69, 9.17) is 34.4 Å². The van der Waals surface area contributed by atoms with Crippen LogP contribution >= 0.6 is 23.2 Å². The van der Waals surface area contributed by atoms with Crippen LogP contribution in [0.1, 0.15) is 31.7 Å². The highest BCUT2D eigenvalue weighted by Crippen LogP contribution is 2.32. The van der Waals surface area contributed by atoms with Crippen LogP contribution in [-0.4, -0.2) is 13.2 Å². The van der Waals surface area contributed by atoms with Crippen LogP contribution in [0.15, 0.2) is 12.1 Å². The van der Waals surface area contributed by atoms with Gasteiger partial charge in [-0.1, -0.05) is 30.1 Å². The molecule has 0 bridgehead atoms. The van der Waals surface area contributed by atoms with Crippen molar-refractivity contribution in [2.24, 2.45) is 0 Å². The SMILES string of the molecule is C#CCCCOc1c(Cl)cc(Cl)cc1CNCCC. The standard InChI is InChI=1S/C15H19Cl2NO/c1-3-5-6-8-19-15-12(11-18-7-4-2)9-13(16)10-14(15)17/h1,9-10,18H,4-8,11H2,2H3. The summed E-state index contributed by atoms with van der Waals surface area (Å²) in [6, 6.07) is 3.58. The van der Waals surface area contributed by atoms with Gasteiger partial charge in [0.2, 0.25) is 0 Å². The molecule has 1 N–H and O–H groups in total. The molecule has 1 rings (SSSR count). The second-order valence-electron chi connectivity index (χ2n) is 4.21. The summed E-state index contributed by atoms with van der Waals surface area (Å²) >= 11 is 12.2. The van der Waals surface area contributed by atoms with Crippen molar-refractivity contribution in [3.05, 3.63) is 27.7 Å². The van der Waals surface area contributed by atoms with Crippen LogP contribution < -0.4 is 10.1 Å². The molecule has 0 unspecified atom stereocenters. The second kappa shape index (κ2) is 9.09. The summed E-state index contributed by atoms with van der Waals surface area (Å²) in [5.74, 6) is 3.29. The fraction of sp³-hybridized carbons (Fsp3) is 0.467. The molecule has 1 aromatic carbocycles. The Labute approximate surface area is 125 Å². The van der Waals surface area contributed by atoms with Gasteiger partial charge in [-0.25, -0.2) is 0 Å². The lowest BCUT2D eigenvalue weighted by atomic mass is 10.2. The molecule has 19 heavy (non-hydrogen) atoms. The molecule has 0 aliphatic rings. The third kappa shape index (κ3) is 5.74. The summed E-state index contributed by atoms with van der Waals surface area (Å²) in [5.41, 5.74) is 0.978. The van der Waals surface area contributed by atoms with E-state index in [1.807, 2.05) is 6.07 Å². The first-order chi connectivity index (χ1) is 9.19. The summed E-state index contributed by atoms with van der Waals surface area (Å²) in [5, 5.41) is 4.48. The molecule has 0 aromatic heterocycles. The zero-order valence-corrected chi connectivity index (χ0v) is 12.7. The van der Waals surface area contributed by atoms with Crippen LogP contribution in [0.4, 0.5) is 0 Å². The molecule has 0 aliphatic carbocycles. The maximum atomic E-state index is 6.18. The average molecular weight is 300 g/mol. The number of hydrogen-bond acceptors (Lipinski definition) is 2. The Bertz CT molecular complexity index is 441. The molecule has 0 heterocycles. The van der Waals surface area contributed by atoms with Crippen LogP contribution in [0.25, 0.3) is 0 Å². The van der Waals surface area contributed by atoms with Gasteiger partial charge in [-0.3, -0.25) is 0 Å². The van der Waals surface area contributed by atoms with Crippen molar-refractivity contribution in [2.45, 2.75) is 32.7 Å². The molecule has 104 valence electrons. The van der Waals surface area contributed by atoms with Crippen molar-refractivity contribution in [2.75, 3.05) is 13.2 Å². The lowest BCUT2D eigenvalue weighted by Crippen LogP contribution is -2.15. The van der Waals surface area contributed by atoms with E-state index < -0.39 is 0 Å². The molecule has 1 aromatic rings. The van der Waals surface area contributed by atoms with Crippen molar-refractivity contribution in [3.8, 4) is 18.1 Å². The highest BCUT2D eigenvalue weighted by atomic mass is 35.5. The highest BCUT2D eigenvalue weighted by Gasteiger charge is 2.10. The van der Waals surface area contributed by atoms with Crippen LogP contribution in [-0.2, 0) is 6.54 Å². The normalized spacial score (nSPS) is 10.2. The zero-order chi connectivity index (χ0) is 14.1. The minimum Gasteiger partial charge on any atom is -0.492 e. The molecule has 0 saturated heterocycles. The topological polar surface area (TPSA) is 21.3 Å². The van der Waals surface area contributed by atoms with Crippen LogP contribution in [0.5, 0.6) is 5.75 Å². The average Bonchev–Trinajstić information content (AvgIpc) is 2.37. The third-order valence-electron chi connectivity index (χ3n) is 2.54. The van der Waals surface area contributed by atoms with Gasteiger partial charge >= 0.3 is 0 Å². The lowest BCUT2D eigenvalue weighted by Gasteiger charge is -2.14. The first-order valence-electron chi connectivity index (χ1n) is 6.44. The number of ether oxygens (including phenoxy) is 1. The van der Waals surface area contributed by atoms with E-state index in [9.17, 15) is 0 Å². The Hall–Kier alpha value is -0.880. The van der Waals surface area contributed by atoms with Gasteiger partial charge in [-0.15, -0.1) is 12.3 Å². The number of unbranched alkanes of at least 4 members (excludes halogenated alkanes) is 1. The van der Waals surface area contributed by atoms with E-state index in [0.717, 1.165) is 24.9 Å². The minimum atomic E-state index is 0.543. The van der Waals surface area contributed by atoms with Gasteiger partial charge in [-0.05, 0) is 31.5 Å². The summed E-state index contributed by atoms with van der Waals surface area (Å²) in [6.07, 6.45) is 7.81. The van der Waals surface area contributed by atoms with E-state index in [1.165, 1.54) is 0 Å². The molecule has 2 nitrogen and oxygen atoms in total. The number of nitrogens with one attached hydrogen (secondary N) is 1. The number of halogens is 2. The minimum absolute atomic E-state index is 0.543. The van der Waals surface area contributed by atoms with Crippen molar-refractivity contribution < 1.29 is 4.74 Å². The van der Waals surface area contributed by atoms with Crippen molar-refractivity contribution in [1.82, 2.24) is 5.32 Å². The smallest absolute Gasteiger partial charge is 0.142 e. The molecule has 0 spiro atoms. The number of rotatable bonds is 8. The van der Waals surface area contributed by atoms with Gasteiger partial charge in [0.05, 0.1) is 11.6 Å². The van der Waals surface area contributed by atoms with E-state index in [2.05, 4.69) is 18.2 Å². The van der Waals surface area contributed by atoms with Gasteiger partial charge in [-0.2, -0.15) is 0 Å². The number of benzene rings is 1. The van der Waals surface area contributed by atoms with Gasteiger partial charge in [0, 0.05) is 23.6 Å². The second-order valence-corrected chi connectivity index (χ2v) is 5.05. The molecular formula is C15H19Cl2NO. The van der Waals surface area contributed by atoms with E-state index in [-0.39, 0.29) is 0 Å². The summed E-state index contributed by atoms with van der Waals surface area (Å²) in [4.78, 5) is 0. The Morgan fingerprint density at radius 2 is 2.16 bits per heavy atom. The summed E-state index contributed by atoms with van der Waals surface area (Å²) in [7, 11) is 0. The fourth-order valence-electron chi connectivity index (χ4n) is 1.65. The molecule has 0 aliphatic heterocycles. The summed E-state index contributed by atoms with van der Waals surface area (Å²) in [6.45, 7) is 4.32. The molecule has 0 fully saturated rings. The van der Waals surface area contributed by atoms with Gasteiger partial charge in [0.25, 0.3) is 0 Å². The fourth-order valence-corrected chi connectivity index (χ4v) is 2.25. The van der Waals surface area contributed by atoms with Gasteiger partial charge in [0.1, 0.15) is 5.75 Å². The summed E-state index contributed by atoms with van der Waals surface area (Å²) < 4.78 is 5.73. The van der Waals surface area contributed by atoms with Gasteiger partial charge < -0.3 is 10.1 Å². The maximum absolute atomic E-state index is 6.18. The predicted molar refractivity (Wildman–Crippen MR) is 82.0 cm³/mol. The maximum Gasteiger partial charge on any atom is 0.142 e. The molecular weight excluding hydrogens is 281 g/mol. The van der Waals surface area contributed by atoms with Crippen LogP contribution in [0, 0.1) is 12.3 Å². The molecule has 4 heteroatoms. The van der Waals surface area contributed by atoms with Crippen LogP contribution in [0.2, 0.25) is 10.0 Å². The number of terminal acetylenes is 1. The van der Waals surface area contributed by atoms with E-state index in [0.29, 0.717) is 35.4 Å². The van der Waals surface area contributed by atoms with Crippen molar-refractivity contribution >= 4 is 23.2 Å². The molecule has 0 saturated carbocycles. The number of hydrogen-bond donors (Lipinski definition) is 1. The molecule has 0 amide bonds. The first-order valence-corrected chi connectivity index (χ1v) is 7.19. The Morgan fingerprint density at radius 1 is 1.37 bits per heavy atom. The van der Waals surface area contributed by atoms with Gasteiger partial charge in [0.15, 0.2) is 0 Å². The first kappa shape index (κ1) is 16.2. The zero-order valence-electron chi connectivity index (χ0n) is 11.1. The highest BCUT2D eigenvalue weighted by molar-refractivity contribution is 6.35. The monoisotopic (exact) mass is 299 g/mol. The largest absolute Gasteiger partial charge is 0.492 e. The Kier molecular flexibility index (Phi) is 7.74.